The SMILES string of the molecule is Cc1ccc(F)c(C(=O)N[C@@H]2CCOC[C@H]2OCC2CC2)c1Cl. The van der Waals surface area contributed by atoms with Crippen LogP contribution >= 0.6 is 11.6 Å². The fourth-order valence-electron chi connectivity index (χ4n) is 2.69. The van der Waals surface area contributed by atoms with Crippen molar-refractivity contribution in [2.75, 3.05) is 19.8 Å². The molecule has 1 saturated heterocycles. The molecule has 1 aliphatic heterocycles. The van der Waals surface area contributed by atoms with Crippen LogP contribution in [-0.2, 0) is 9.47 Å². The van der Waals surface area contributed by atoms with Gasteiger partial charge in [0.25, 0.3) is 5.91 Å². The number of hydrogen-bond acceptors (Lipinski definition) is 3. The highest BCUT2D eigenvalue weighted by atomic mass is 35.5. The first-order chi connectivity index (χ1) is 11.1. The van der Waals surface area contributed by atoms with Crippen molar-refractivity contribution in [1.29, 1.82) is 0 Å². The number of amides is 1. The summed E-state index contributed by atoms with van der Waals surface area (Å²) in [5, 5.41) is 3.03. The number of benzene rings is 1. The molecular formula is C17H21ClFNO3. The number of hydrogen-bond donors (Lipinski definition) is 1. The Morgan fingerprint density at radius 2 is 2.22 bits per heavy atom. The van der Waals surface area contributed by atoms with E-state index in [1.54, 1.807) is 13.0 Å². The Labute approximate surface area is 140 Å². The summed E-state index contributed by atoms with van der Waals surface area (Å²) < 4.78 is 25.3. The lowest BCUT2D eigenvalue weighted by molar-refractivity contribution is -0.0697. The quantitative estimate of drug-likeness (QED) is 0.895. The number of ether oxygens (including phenoxy) is 2. The number of carbonyl (C=O) groups excluding carboxylic acids is 1. The maximum atomic E-state index is 14.0. The van der Waals surface area contributed by atoms with Crippen LogP contribution < -0.4 is 5.32 Å². The zero-order chi connectivity index (χ0) is 16.4. The predicted octanol–water partition coefficient (Wildman–Crippen LogP) is 3.10. The molecule has 1 aromatic carbocycles. The number of aryl methyl sites for hydroxylation is 1. The highest BCUT2D eigenvalue weighted by Gasteiger charge is 2.31. The maximum Gasteiger partial charge on any atom is 0.256 e. The van der Waals surface area contributed by atoms with Crippen LogP contribution in [0.25, 0.3) is 0 Å². The van der Waals surface area contributed by atoms with Gasteiger partial charge in [0.1, 0.15) is 11.9 Å². The Kier molecular flexibility index (Phi) is 5.19. The first-order valence-electron chi connectivity index (χ1n) is 8.01. The first kappa shape index (κ1) is 16.7. The fourth-order valence-corrected chi connectivity index (χ4v) is 2.93. The average Bonchev–Trinajstić information content (AvgIpc) is 3.35. The summed E-state index contributed by atoms with van der Waals surface area (Å²) in [7, 11) is 0. The second-order valence-electron chi connectivity index (χ2n) is 6.31. The lowest BCUT2D eigenvalue weighted by Crippen LogP contribution is -2.50. The molecule has 1 amide bonds. The molecule has 2 aliphatic rings. The Hall–Kier alpha value is -1.17. The predicted molar refractivity (Wildman–Crippen MR) is 85.3 cm³/mol. The number of carbonyl (C=O) groups is 1. The second-order valence-corrected chi connectivity index (χ2v) is 6.69. The Morgan fingerprint density at radius 3 is 2.96 bits per heavy atom. The van der Waals surface area contributed by atoms with E-state index >= 15 is 0 Å². The monoisotopic (exact) mass is 341 g/mol. The van der Waals surface area contributed by atoms with Crippen LogP contribution in [0.1, 0.15) is 35.2 Å². The molecule has 1 heterocycles. The molecule has 0 radical (unpaired) electrons. The zero-order valence-electron chi connectivity index (χ0n) is 13.1. The van der Waals surface area contributed by atoms with Crippen molar-refractivity contribution in [3.05, 3.63) is 34.1 Å². The van der Waals surface area contributed by atoms with E-state index in [1.165, 1.54) is 18.9 Å². The molecule has 1 aliphatic carbocycles. The van der Waals surface area contributed by atoms with Crippen LogP contribution in [0.4, 0.5) is 4.39 Å². The highest BCUT2D eigenvalue weighted by Crippen LogP contribution is 2.30. The molecule has 1 aromatic rings. The third-order valence-electron chi connectivity index (χ3n) is 4.37. The van der Waals surface area contributed by atoms with Crippen LogP contribution in [-0.4, -0.2) is 37.9 Å². The van der Waals surface area contributed by atoms with Crippen molar-refractivity contribution < 1.29 is 18.7 Å². The summed E-state index contributed by atoms with van der Waals surface area (Å²) in [6.45, 7) is 3.44. The number of halogens is 2. The summed E-state index contributed by atoms with van der Waals surface area (Å²) in [4.78, 5) is 12.5. The zero-order valence-corrected chi connectivity index (χ0v) is 13.9. The van der Waals surface area contributed by atoms with Crippen LogP contribution in [0.2, 0.25) is 5.02 Å². The highest BCUT2D eigenvalue weighted by molar-refractivity contribution is 6.34. The lowest BCUT2D eigenvalue weighted by atomic mass is 10.0. The summed E-state index contributed by atoms with van der Waals surface area (Å²) in [6.07, 6.45) is 2.86. The minimum atomic E-state index is -0.611. The van der Waals surface area contributed by atoms with Gasteiger partial charge in [-0.25, -0.2) is 4.39 Å². The molecule has 126 valence electrons. The van der Waals surface area contributed by atoms with E-state index in [2.05, 4.69) is 5.32 Å². The number of rotatable bonds is 5. The third kappa shape index (κ3) is 4.03. The van der Waals surface area contributed by atoms with Gasteiger partial charge in [-0.2, -0.15) is 0 Å². The van der Waals surface area contributed by atoms with Gasteiger partial charge in [0, 0.05) is 13.2 Å². The van der Waals surface area contributed by atoms with Crippen molar-refractivity contribution in [1.82, 2.24) is 5.32 Å². The lowest BCUT2D eigenvalue weighted by Gasteiger charge is -2.32. The molecule has 1 N–H and O–H groups in total. The van der Waals surface area contributed by atoms with E-state index in [4.69, 9.17) is 21.1 Å². The van der Waals surface area contributed by atoms with Crippen LogP contribution in [0.3, 0.4) is 0 Å². The normalized spacial score (nSPS) is 24.5. The third-order valence-corrected chi connectivity index (χ3v) is 4.86. The van der Waals surface area contributed by atoms with Gasteiger partial charge >= 0.3 is 0 Å². The molecule has 2 atom stereocenters. The minimum absolute atomic E-state index is 0.0981. The van der Waals surface area contributed by atoms with Gasteiger partial charge < -0.3 is 14.8 Å². The molecule has 23 heavy (non-hydrogen) atoms. The van der Waals surface area contributed by atoms with E-state index in [1.807, 2.05) is 0 Å². The Morgan fingerprint density at radius 1 is 1.43 bits per heavy atom. The van der Waals surface area contributed by atoms with E-state index in [-0.39, 0.29) is 22.7 Å². The van der Waals surface area contributed by atoms with E-state index in [9.17, 15) is 9.18 Å². The van der Waals surface area contributed by atoms with Crippen LogP contribution in [0.15, 0.2) is 12.1 Å². The van der Waals surface area contributed by atoms with Gasteiger partial charge in [-0.15, -0.1) is 0 Å². The minimum Gasteiger partial charge on any atom is -0.379 e. The first-order valence-corrected chi connectivity index (χ1v) is 8.39. The topological polar surface area (TPSA) is 47.6 Å². The molecule has 0 spiro atoms. The standard InChI is InChI=1S/C17H21ClFNO3/c1-10-2-5-12(19)15(16(10)18)17(21)20-13-6-7-22-9-14(13)23-8-11-3-4-11/h2,5,11,13-14H,3-4,6-9H2,1H3,(H,20,21)/t13-,14-/m1/s1. The second kappa shape index (κ2) is 7.16. The van der Waals surface area contributed by atoms with Crippen LogP contribution in [0, 0.1) is 18.7 Å². The Balaban J connectivity index is 1.68. The van der Waals surface area contributed by atoms with Crippen molar-refractivity contribution in [2.45, 2.75) is 38.3 Å². The smallest absolute Gasteiger partial charge is 0.256 e. The van der Waals surface area contributed by atoms with Crippen LogP contribution in [0.5, 0.6) is 0 Å². The molecule has 1 saturated carbocycles. The molecule has 6 heteroatoms. The molecule has 2 fully saturated rings. The van der Waals surface area contributed by atoms with Gasteiger partial charge in [0.15, 0.2) is 0 Å². The van der Waals surface area contributed by atoms with Gasteiger partial charge in [0.05, 0.1) is 23.2 Å². The number of nitrogens with one attached hydrogen (secondary N) is 1. The van der Waals surface area contributed by atoms with Gasteiger partial charge in [-0.1, -0.05) is 17.7 Å². The molecule has 4 nitrogen and oxygen atoms in total. The molecule has 0 aromatic heterocycles. The fraction of sp³-hybridized carbons (Fsp3) is 0.588. The summed E-state index contributed by atoms with van der Waals surface area (Å²) in [5.74, 6) is -0.472. The molecule has 3 rings (SSSR count). The largest absolute Gasteiger partial charge is 0.379 e. The average molecular weight is 342 g/mol. The summed E-state index contributed by atoms with van der Waals surface area (Å²) >= 11 is 6.10. The van der Waals surface area contributed by atoms with Crippen molar-refractivity contribution in [2.24, 2.45) is 5.92 Å². The van der Waals surface area contributed by atoms with Gasteiger partial charge in [-0.3, -0.25) is 4.79 Å². The maximum absolute atomic E-state index is 14.0. The molecule has 0 bridgehead atoms. The summed E-state index contributed by atoms with van der Waals surface area (Å²) in [6, 6.07) is 2.64. The summed E-state index contributed by atoms with van der Waals surface area (Å²) in [5.41, 5.74) is 0.575. The molecule has 0 unspecified atom stereocenters. The van der Waals surface area contributed by atoms with Crippen molar-refractivity contribution in [3.63, 3.8) is 0 Å². The van der Waals surface area contributed by atoms with Crippen molar-refractivity contribution in [3.8, 4) is 0 Å². The van der Waals surface area contributed by atoms with E-state index < -0.39 is 11.7 Å². The molecular weight excluding hydrogens is 321 g/mol. The van der Waals surface area contributed by atoms with Gasteiger partial charge in [0.2, 0.25) is 0 Å². The van der Waals surface area contributed by atoms with E-state index in [0.717, 1.165) is 0 Å². The Bertz CT molecular complexity index is 591. The van der Waals surface area contributed by atoms with E-state index in [0.29, 0.717) is 37.7 Å². The van der Waals surface area contributed by atoms with Crippen molar-refractivity contribution >= 4 is 17.5 Å². The van der Waals surface area contributed by atoms with Gasteiger partial charge in [-0.05, 0) is 43.7 Å².